The molecule has 564 valence electrons. The van der Waals surface area contributed by atoms with Crippen LogP contribution in [0, 0.1) is 21.7 Å². The van der Waals surface area contributed by atoms with Gasteiger partial charge in [0, 0.05) is 18.6 Å². The van der Waals surface area contributed by atoms with Gasteiger partial charge in [-0.2, -0.15) is 4.91 Å². The Morgan fingerprint density at radius 3 is 0.750 bits per heavy atom. The van der Waals surface area contributed by atoms with Crippen LogP contribution in [0.3, 0.4) is 0 Å². The zero-order chi connectivity index (χ0) is 71.3. The summed E-state index contributed by atoms with van der Waals surface area (Å²) in [7, 11) is 1.38. The van der Waals surface area contributed by atoms with E-state index in [0.29, 0.717) is 0 Å². The molecule has 0 saturated carbocycles. The zero-order valence-corrected chi connectivity index (χ0v) is 51.8. The molecule has 6 aliphatic heterocycles. The van der Waals surface area contributed by atoms with Gasteiger partial charge in [-0.05, 0) is 32.2 Å². The molecule has 96 heavy (non-hydrogen) atoms. The van der Waals surface area contributed by atoms with Crippen molar-refractivity contribution in [3.05, 3.63) is 4.91 Å². The normalized spacial score (nSPS) is 43.6. The molecule has 6 saturated heterocycles. The van der Waals surface area contributed by atoms with Crippen LogP contribution in [-0.2, 0) is 56.8 Å². The number of aliphatic hydroxyl groups is 24. The van der Waals surface area contributed by atoms with Gasteiger partial charge in [0.1, 0.15) is 153 Å². The topological polar surface area (TPSA) is 702 Å². The highest BCUT2D eigenvalue weighted by molar-refractivity contribution is 5.01. The van der Waals surface area contributed by atoms with Crippen molar-refractivity contribution in [2.45, 2.75) is 222 Å². The Morgan fingerprint density at radius 1 is 0.344 bits per heavy atom. The Balaban J connectivity index is 1.50. The number of nitrogens with one attached hydrogen (secondary N) is 3. The molecule has 0 aromatic carbocycles. The van der Waals surface area contributed by atoms with Crippen molar-refractivity contribution in [2.24, 2.45) is 21.9 Å². The Morgan fingerprint density at radius 2 is 0.562 bits per heavy atom. The number of ether oxygens (including phenoxy) is 12. The summed E-state index contributed by atoms with van der Waals surface area (Å²) in [4.78, 5) is 13.3. The lowest BCUT2D eigenvalue weighted by molar-refractivity contribution is -0.333. The molecule has 43 nitrogen and oxygen atoms in total. The van der Waals surface area contributed by atoms with Crippen LogP contribution < -0.4 is 16.3 Å². The minimum absolute atomic E-state index is 0.355. The number of hydroxylamine groups is 2. The summed E-state index contributed by atoms with van der Waals surface area (Å²) in [5, 5.41) is 286. The van der Waals surface area contributed by atoms with Crippen LogP contribution in [0.15, 0.2) is 5.18 Å². The van der Waals surface area contributed by atoms with Gasteiger partial charge < -0.3 is 195 Å². The lowest BCUT2D eigenvalue weighted by Crippen LogP contribution is -2.63. The van der Waals surface area contributed by atoms with Gasteiger partial charge in [-0.3, -0.25) is 0 Å². The summed E-state index contributed by atoms with van der Waals surface area (Å²) in [5.74, 6) is -1.39. The summed E-state index contributed by atoms with van der Waals surface area (Å²) in [5.41, 5.74) is -0.591. The fourth-order valence-electron chi connectivity index (χ4n) is 12.2. The lowest BCUT2D eigenvalue weighted by atomic mass is 9.73. The molecule has 0 radical (unpaired) electrons. The molecule has 29 N–H and O–H groups in total. The van der Waals surface area contributed by atoms with Crippen molar-refractivity contribution in [3.63, 3.8) is 0 Å². The molecule has 0 amide bonds. The summed E-state index contributed by atoms with van der Waals surface area (Å²) < 4.78 is 70.0. The molecule has 0 bridgehead atoms. The van der Waals surface area contributed by atoms with Crippen LogP contribution in [0.5, 0.6) is 0 Å². The summed E-state index contributed by atoms with van der Waals surface area (Å²) in [6.07, 6.45) is -61.2. The van der Waals surface area contributed by atoms with Gasteiger partial charge in [0.15, 0.2) is 37.7 Å². The third-order valence-corrected chi connectivity index (χ3v) is 18.5. The van der Waals surface area contributed by atoms with Crippen LogP contribution in [0.25, 0.3) is 0 Å². The van der Waals surface area contributed by atoms with Crippen LogP contribution in [0.2, 0.25) is 0 Å². The van der Waals surface area contributed by atoms with Crippen molar-refractivity contribution in [1.82, 2.24) is 16.3 Å². The van der Waals surface area contributed by atoms with E-state index in [-0.39, 0.29) is 6.54 Å². The maximum atomic E-state index is 13.3. The van der Waals surface area contributed by atoms with E-state index in [0.717, 1.165) is 0 Å². The van der Waals surface area contributed by atoms with Crippen LogP contribution >= 0.6 is 0 Å². The van der Waals surface area contributed by atoms with Crippen molar-refractivity contribution >= 4 is 0 Å². The molecule has 0 spiro atoms. The van der Waals surface area contributed by atoms with Gasteiger partial charge >= 0.3 is 0 Å². The SMILES string of the molecule is CNCC(N=O)C(CCC(NO)C(COC1OC(CO)C(O)C(O)C1O)(COC1OC(CO)C(O)C(O)C1O)COC1OC(CO)C(O)C(O)C1O)CC(NO)C(COC1OC(CO)C(O)C(O)C1O)(COC1OC(CO)C(O)C(O)C1O)COC1OC(CO)C(O)C(O)C1O. The second-order valence-electron chi connectivity index (χ2n) is 24.9. The Labute approximate surface area is 546 Å². The maximum Gasteiger partial charge on any atom is 0.186 e. The largest absolute Gasteiger partial charge is 0.394 e. The first-order chi connectivity index (χ1) is 45.6. The van der Waals surface area contributed by atoms with Crippen LogP contribution in [0.4, 0.5) is 0 Å². The molecule has 34 atom stereocenters. The molecular formula is C53H98N4O39. The predicted molar refractivity (Wildman–Crippen MR) is 301 cm³/mol. The van der Waals surface area contributed by atoms with E-state index in [1.165, 1.54) is 7.05 Å². The van der Waals surface area contributed by atoms with Crippen LogP contribution in [-0.4, -0.2) is 428 Å². The van der Waals surface area contributed by atoms with Crippen LogP contribution in [0.1, 0.15) is 19.3 Å². The molecule has 0 aliphatic carbocycles. The number of hydrogen-bond donors (Lipinski definition) is 29. The van der Waals surface area contributed by atoms with E-state index < -0.39 is 318 Å². The molecule has 6 rings (SSSR count). The van der Waals surface area contributed by atoms with Gasteiger partial charge in [-0.15, -0.1) is 0 Å². The standard InChI is InChI=1S/C53H98N4O39/c1-54-5-19(55-82)18(4-27(57-84)53(15-88-49-43(79)37(73)31(67)23(9-61)94-49,16-89-50-44(80)38(74)32(68)24(10-62)95-50)17-90-51-45(81)39(75)33(69)25(11-63)96-51)2-3-26(56-83)52(12-85-46-40(76)34(70)28(64)20(6-58)91-46,13-86-47-41(77)35(71)29(65)21(7-59)92-47)14-87-48-42(78)36(72)30(66)22(8-60)93-48/h18-51,54,56-81,83-84H,2-17H2,1H3. The third kappa shape index (κ3) is 19.0. The van der Waals surface area contributed by atoms with Gasteiger partial charge in [0.25, 0.3) is 0 Å². The highest BCUT2D eigenvalue weighted by Gasteiger charge is 2.55. The van der Waals surface area contributed by atoms with E-state index >= 15 is 0 Å². The monoisotopic (exact) mass is 1410 g/mol. The lowest BCUT2D eigenvalue weighted by Gasteiger charge is -2.47. The van der Waals surface area contributed by atoms with E-state index in [1.807, 2.05) is 11.0 Å². The molecule has 43 heteroatoms. The molecule has 6 fully saturated rings. The minimum Gasteiger partial charge on any atom is -0.394 e. The van der Waals surface area contributed by atoms with E-state index in [9.17, 15) is 138 Å². The predicted octanol–water partition coefficient (Wildman–Crippen LogP) is -16.3. The maximum absolute atomic E-state index is 13.3. The summed E-state index contributed by atoms with van der Waals surface area (Å²) in [6.45, 7) is -12.7. The number of hydrogen-bond acceptors (Lipinski definition) is 43. The molecule has 6 aliphatic rings. The fourth-order valence-corrected chi connectivity index (χ4v) is 12.2. The summed E-state index contributed by atoms with van der Waals surface area (Å²) >= 11 is 0. The minimum atomic E-state index is -2.37. The van der Waals surface area contributed by atoms with Gasteiger partial charge in [-0.25, -0.2) is 11.0 Å². The quantitative estimate of drug-likeness (QED) is 0.0203. The van der Waals surface area contributed by atoms with E-state index in [4.69, 9.17) is 56.8 Å². The van der Waals surface area contributed by atoms with E-state index in [2.05, 4.69) is 10.5 Å². The highest BCUT2D eigenvalue weighted by atomic mass is 16.8. The first-order valence-electron chi connectivity index (χ1n) is 30.9. The van der Waals surface area contributed by atoms with E-state index in [1.54, 1.807) is 0 Å². The van der Waals surface area contributed by atoms with Gasteiger partial charge in [-0.1, -0.05) is 5.18 Å². The van der Waals surface area contributed by atoms with Crippen molar-refractivity contribution in [2.75, 3.05) is 92.9 Å². The zero-order valence-electron chi connectivity index (χ0n) is 51.8. The molecule has 0 aromatic heterocycles. The van der Waals surface area contributed by atoms with Gasteiger partial charge in [0.05, 0.1) is 90.1 Å². The third-order valence-electron chi connectivity index (χ3n) is 18.5. The molecular weight excluding hydrogens is 1320 g/mol. The number of nitrogens with zero attached hydrogens (tertiary/aromatic N) is 1. The first kappa shape index (κ1) is 82.9. The molecule has 6 heterocycles. The smallest absolute Gasteiger partial charge is 0.186 e. The average Bonchev–Trinajstić information content (AvgIpc) is 0.791. The number of rotatable bonds is 37. The Bertz CT molecular complexity index is 2030. The second kappa shape index (κ2) is 37.9. The van der Waals surface area contributed by atoms with Crippen molar-refractivity contribution in [1.29, 1.82) is 0 Å². The Kier molecular flexibility index (Phi) is 32.8. The second-order valence-corrected chi connectivity index (χ2v) is 24.9. The Hall–Kier alpha value is -2.04. The van der Waals surface area contributed by atoms with Crippen molar-refractivity contribution in [3.8, 4) is 0 Å². The molecule has 0 aromatic rings. The number of aliphatic hydroxyl groups excluding tert-OH is 24. The fraction of sp³-hybridized carbons (Fsp3) is 1.00. The van der Waals surface area contributed by atoms with Crippen molar-refractivity contribution < 1.29 is 190 Å². The van der Waals surface area contributed by atoms with Gasteiger partial charge in [0.2, 0.25) is 0 Å². The average molecular weight is 1420 g/mol. The first-order valence-corrected chi connectivity index (χ1v) is 30.9. The summed E-state index contributed by atoms with van der Waals surface area (Å²) in [6, 6.07) is -5.15. The number of likely N-dealkylation sites (N-methyl/N-ethyl adjacent to an activating group) is 1. The highest BCUT2D eigenvalue weighted by Crippen LogP contribution is 2.40. The molecule has 34 unspecified atom stereocenters. The number of nitroso groups, excluding NO2 is 1.